The molecule has 0 saturated heterocycles. The maximum atomic E-state index is 10.2. The van der Waals surface area contributed by atoms with E-state index in [0.717, 1.165) is 65.0 Å². The third-order valence-corrected chi connectivity index (χ3v) is 11.8. The first-order valence-corrected chi connectivity index (χ1v) is 20.4. The molecule has 3 aromatic heterocycles. The number of nitrogens with zero attached hydrogens (tertiary/aromatic N) is 3. The molecule has 0 radical (unpaired) electrons. The van der Waals surface area contributed by atoms with Crippen molar-refractivity contribution in [3.63, 3.8) is 0 Å². The quantitative estimate of drug-likeness (QED) is 0.159. The monoisotopic (exact) mass is 817 g/mol. The fourth-order valence-corrected chi connectivity index (χ4v) is 9.16. The lowest BCUT2D eigenvalue weighted by Gasteiger charge is -2.15. The largest absolute Gasteiger partial charge is 0.309 e. The summed E-state index contributed by atoms with van der Waals surface area (Å²) in [6.07, 6.45) is 0. The van der Waals surface area contributed by atoms with E-state index < -0.39 is 113 Å². The molecular weight excluding hydrogens is 763 g/mol. The summed E-state index contributed by atoms with van der Waals surface area (Å²) in [7, 11) is 0. The van der Waals surface area contributed by atoms with Gasteiger partial charge in [-0.3, -0.25) is 0 Å². The highest BCUT2D eigenvalue weighted by Gasteiger charge is 2.23. The van der Waals surface area contributed by atoms with Crippen LogP contribution in [0.2, 0.25) is 0 Å². The number of benzene rings is 10. The highest BCUT2D eigenvalue weighted by Crippen LogP contribution is 2.44. The van der Waals surface area contributed by atoms with E-state index in [1.807, 2.05) is 60.7 Å². The van der Waals surface area contributed by atoms with Crippen LogP contribution in [0.15, 0.2) is 236 Å². The zero-order valence-electron chi connectivity index (χ0n) is 49.1. The molecule has 0 amide bonds. The minimum atomic E-state index is -0.843. The Bertz CT molecular complexity index is 4810. The molecule has 0 fully saturated rings. The minimum Gasteiger partial charge on any atom is -0.309 e. The highest BCUT2D eigenvalue weighted by atomic mass is 15.0. The average molecular weight is 818 g/mol. The molecule has 0 N–H and O–H groups in total. The van der Waals surface area contributed by atoms with Crippen LogP contribution in [0.1, 0.15) is 21.9 Å². The van der Waals surface area contributed by atoms with E-state index >= 15 is 0 Å². The van der Waals surface area contributed by atoms with E-state index in [2.05, 4.69) is 75.9 Å². The Hall–Kier alpha value is -8.40. The summed E-state index contributed by atoms with van der Waals surface area (Å²) in [5.74, 6) is 0. The standard InChI is InChI=1S/C60H39N3/c1-3-16-40(17-4-1)42-30-33-45(34-31-42)61-54-27-12-9-24-49(54)52-39-44(32-36-57(52)61)47-22-7-11-26-53(47)63-56-29-14-10-25-51(56)59-58(63)37-35-50-48-23-8-13-28-55(48)62(60(50)59)46-21-15-20-43(38-46)41-18-5-2-6-19-41/h1-39H/i1D,3D,4D,9D,12D,16D,17D,24D,27D,30D,31D,32D,33D,34D,36D,39D. The number of aromatic nitrogens is 3. The van der Waals surface area contributed by atoms with Crippen molar-refractivity contribution in [2.24, 2.45) is 0 Å². The maximum absolute atomic E-state index is 10.2. The molecule has 10 aromatic carbocycles. The number of hydrogen-bond acceptors (Lipinski definition) is 0. The predicted molar refractivity (Wildman–Crippen MR) is 266 cm³/mol. The normalized spacial score (nSPS) is 15.4. The lowest BCUT2D eigenvalue weighted by atomic mass is 10.0. The van der Waals surface area contributed by atoms with Crippen LogP contribution in [-0.2, 0) is 0 Å². The van der Waals surface area contributed by atoms with Crippen LogP contribution >= 0.6 is 0 Å². The van der Waals surface area contributed by atoms with Crippen LogP contribution in [0, 0.1) is 0 Å². The summed E-state index contributed by atoms with van der Waals surface area (Å²) in [6, 6.07) is 34.7. The predicted octanol–water partition coefficient (Wildman–Crippen LogP) is 16.0. The van der Waals surface area contributed by atoms with Crippen molar-refractivity contribution in [1.29, 1.82) is 0 Å². The molecule has 0 aliphatic heterocycles. The molecule has 0 saturated carbocycles. The van der Waals surface area contributed by atoms with Gasteiger partial charge < -0.3 is 13.7 Å². The van der Waals surface area contributed by atoms with Crippen molar-refractivity contribution >= 4 is 65.4 Å². The zero-order valence-corrected chi connectivity index (χ0v) is 33.1. The van der Waals surface area contributed by atoms with Gasteiger partial charge in [0.05, 0.1) is 60.7 Å². The van der Waals surface area contributed by atoms with Gasteiger partial charge in [-0.15, -0.1) is 0 Å². The van der Waals surface area contributed by atoms with Crippen molar-refractivity contribution in [3.8, 4) is 50.4 Å². The van der Waals surface area contributed by atoms with Crippen molar-refractivity contribution < 1.29 is 21.9 Å². The Morgan fingerprint density at radius 2 is 0.984 bits per heavy atom. The van der Waals surface area contributed by atoms with Crippen LogP contribution in [0.4, 0.5) is 0 Å². The van der Waals surface area contributed by atoms with Crippen LogP contribution in [0.3, 0.4) is 0 Å². The highest BCUT2D eigenvalue weighted by molar-refractivity contribution is 6.26. The van der Waals surface area contributed by atoms with Crippen LogP contribution in [0.5, 0.6) is 0 Å². The fourth-order valence-electron chi connectivity index (χ4n) is 9.16. The van der Waals surface area contributed by atoms with Crippen molar-refractivity contribution in [2.75, 3.05) is 0 Å². The molecule has 0 aliphatic rings. The van der Waals surface area contributed by atoms with Crippen molar-refractivity contribution in [3.05, 3.63) is 236 Å². The molecule has 3 nitrogen and oxygen atoms in total. The molecule has 0 bridgehead atoms. The topological polar surface area (TPSA) is 14.8 Å². The van der Waals surface area contributed by atoms with Gasteiger partial charge >= 0.3 is 0 Å². The van der Waals surface area contributed by atoms with Gasteiger partial charge in [0, 0.05) is 49.3 Å². The van der Waals surface area contributed by atoms with Crippen molar-refractivity contribution in [2.45, 2.75) is 0 Å². The first-order valence-electron chi connectivity index (χ1n) is 28.4. The Morgan fingerprint density at radius 3 is 1.84 bits per heavy atom. The fraction of sp³-hybridized carbons (Fsp3) is 0. The second-order valence-corrected chi connectivity index (χ2v) is 15.3. The smallest absolute Gasteiger partial charge is 0.0645 e. The lowest BCUT2D eigenvalue weighted by molar-refractivity contribution is 1.17. The van der Waals surface area contributed by atoms with Gasteiger partial charge in [0.25, 0.3) is 0 Å². The third kappa shape index (κ3) is 5.46. The summed E-state index contributed by atoms with van der Waals surface area (Å²) in [5, 5.41) is 3.41. The SMILES string of the molecule is [2H]c1c([2H])c([2H])c(-c2c([2H])c([2H])c(-n3c4c([2H])c([2H])c([2H])c([2H])c4c4c([2H])c(-c5ccccc5-n5c6ccccc6c6c5ccc5c7ccccc7n(-c7cccc(-c8ccccc8)c7)c56)c([2H])c([2H])c43)c([2H])c2[2H])c([2H])c1[2H]. The van der Waals surface area contributed by atoms with Crippen LogP contribution < -0.4 is 0 Å². The number of rotatable bonds is 6. The third-order valence-electron chi connectivity index (χ3n) is 11.8. The zero-order chi connectivity index (χ0) is 55.4. The lowest BCUT2D eigenvalue weighted by Crippen LogP contribution is -1.98. The Kier molecular flexibility index (Phi) is 5.14. The molecule has 0 aliphatic carbocycles. The molecule has 3 heteroatoms. The van der Waals surface area contributed by atoms with Gasteiger partial charge in [-0.2, -0.15) is 0 Å². The van der Waals surface area contributed by atoms with Gasteiger partial charge in [-0.25, -0.2) is 0 Å². The molecule has 294 valence electrons. The van der Waals surface area contributed by atoms with Gasteiger partial charge in [0.15, 0.2) is 0 Å². The van der Waals surface area contributed by atoms with E-state index in [0.29, 0.717) is 11.3 Å². The van der Waals surface area contributed by atoms with E-state index in [-0.39, 0.29) is 27.4 Å². The van der Waals surface area contributed by atoms with E-state index in [1.165, 1.54) is 0 Å². The van der Waals surface area contributed by atoms with Crippen molar-refractivity contribution in [1.82, 2.24) is 13.7 Å². The summed E-state index contributed by atoms with van der Waals surface area (Å²) in [4.78, 5) is 0. The number of para-hydroxylation sites is 4. The van der Waals surface area contributed by atoms with Gasteiger partial charge in [0.1, 0.15) is 0 Å². The Labute approximate surface area is 387 Å². The molecule has 13 aromatic rings. The van der Waals surface area contributed by atoms with E-state index in [4.69, 9.17) is 9.60 Å². The van der Waals surface area contributed by atoms with Gasteiger partial charge in [-0.1, -0.05) is 170 Å². The van der Waals surface area contributed by atoms with Crippen LogP contribution in [0.25, 0.3) is 116 Å². The van der Waals surface area contributed by atoms with E-state index in [1.54, 1.807) is 12.1 Å². The summed E-state index contributed by atoms with van der Waals surface area (Å²) in [6.45, 7) is 0. The first-order chi connectivity index (χ1) is 38.0. The average Bonchev–Trinajstić information content (AvgIpc) is 3.01. The van der Waals surface area contributed by atoms with Gasteiger partial charge in [-0.05, 0) is 94.4 Å². The molecule has 3 heterocycles. The summed E-state index contributed by atoms with van der Waals surface area (Å²) in [5.41, 5.74) is 4.81. The van der Waals surface area contributed by atoms with E-state index in [9.17, 15) is 12.3 Å². The molecule has 0 spiro atoms. The minimum absolute atomic E-state index is 0.0606. The number of fused-ring (bicyclic) bond motifs is 10. The summed E-state index contributed by atoms with van der Waals surface area (Å²) >= 11 is 0. The molecule has 0 atom stereocenters. The van der Waals surface area contributed by atoms with Crippen LogP contribution in [-0.4, -0.2) is 13.7 Å². The molecular formula is C60H39N3. The van der Waals surface area contributed by atoms with Gasteiger partial charge in [0.2, 0.25) is 0 Å². The number of hydrogen-bond donors (Lipinski definition) is 0. The Balaban J connectivity index is 1.10. The summed E-state index contributed by atoms with van der Waals surface area (Å²) < 4.78 is 151. The molecule has 0 unspecified atom stereocenters. The first kappa shape index (κ1) is 23.0. The maximum Gasteiger partial charge on any atom is 0.0645 e. The second-order valence-electron chi connectivity index (χ2n) is 15.3. The molecule has 63 heavy (non-hydrogen) atoms. The second kappa shape index (κ2) is 14.1. The Morgan fingerprint density at radius 1 is 0.317 bits per heavy atom. The molecule has 13 rings (SSSR count).